The van der Waals surface area contributed by atoms with Crippen LogP contribution in [0.4, 0.5) is 34.1 Å². The van der Waals surface area contributed by atoms with Crippen LogP contribution in [0.5, 0.6) is 0 Å². The predicted molar refractivity (Wildman–Crippen MR) is 319 cm³/mol. The minimum atomic E-state index is 0.845. The van der Waals surface area contributed by atoms with E-state index < -0.39 is 0 Å². The molecule has 0 amide bonds. The molecule has 0 saturated carbocycles. The Morgan fingerprint density at radius 2 is 0.707 bits per heavy atom. The van der Waals surface area contributed by atoms with Gasteiger partial charge < -0.3 is 18.6 Å². The van der Waals surface area contributed by atoms with E-state index in [9.17, 15) is 0 Å². The van der Waals surface area contributed by atoms with Crippen molar-refractivity contribution in [1.29, 1.82) is 0 Å². The van der Waals surface area contributed by atoms with Gasteiger partial charge in [0.25, 0.3) is 0 Å². The molecular weight excluding hydrogens is 933 g/mol. The number of furan rings is 2. The molecule has 0 N–H and O–H groups in total. The number of anilines is 6. The molecule has 15 rings (SSSR count). The summed E-state index contributed by atoms with van der Waals surface area (Å²) < 4.78 is 16.8. The third kappa shape index (κ3) is 6.82. The topological polar surface area (TPSA) is 32.8 Å². The van der Waals surface area contributed by atoms with Gasteiger partial charge in [-0.3, -0.25) is 0 Å². The summed E-state index contributed by atoms with van der Waals surface area (Å²) >= 11 is 1.87. The molecule has 354 valence electrons. The third-order valence-electron chi connectivity index (χ3n) is 15.2. The quantitative estimate of drug-likeness (QED) is 0.152. The molecule has 0 aliphatic carbocycles. The van der Waals surface area contributed by atoms with Gasteiger partial charge in [0.2, 0.25) is 0 Å². The maximum absolute atomic E-state index is 7.16. The van der Waals surface area contributed by atoms with Crippen LogP contribution < -0.4 is 9.80 Å². The summed E-state index contributed by atoms with van der Waals surface area (Å²) in [6, 6.07) is 87.7. The Kier molecular flexibility index (Phi) is 9.84. The zero-order valence-corrected chi connectivity index (χ0v) is 42.0. The van der Waals surface area contributed by atoms with Crippen molar-refractivity contribution < 1.29 is 8.83 Å². The molecule has 3 heterocycles. The lowest BCUT2D eigenvalue weighted by Gasteiger charge is -2.28. The van der Waals surface area contributed by atoms with Crippen molar-refractivity contribution in [3.8, 4) is 22.3 Å². The molecule has 0 atom stereocenters. The highest BCUT2D eigenvalue weighted by Gasteiger charge is 2.27. The van der Waals surface area contributed by atoms with Crippen molar-refractivity contribution in [1.82, 2.24) is 0 Å². The molecule has 75 heavy (non-hydrogen) atoms. The lowest BCUT2D eigenvalue weighted by Crippen LogP contribution is -2.11. The van der Waals surface area contributed by atoms with Gasteiger partial charge in [0.05, 0.1) is 22.7 Å². The van der Waals surface area contributed by atoms with Crippen LogP contribution in [0.2, 0.25) is 0 Å². The van der Waals surface area contributed by atoms with E-state index in [4.69, 9.17) is 8.83 Å². The molecular formula is C70H46N2O2S. The van der Waals surface area contributed by atoms with Crippen LogP contribution in [0, 0.1) is 13.8 Å². The van der Waals surface area contributed by atoms with Gasteiger partial charge in [-0.05, 0) is 78.9 Å². The lowest BCUT2D eigenvalue weighted by molar-refractivity contribution is 0.670. The smallest absolute Gasteiger partial charge is 0.159 e. The Labute approximate surface area is 437 Å². The Morgan fingerprint density at radius 1 is 0.307 bits per heavy atom. The van der Waals surface area contributed by atoms with Crippen LogP contribution in [-0.4, -0.2) is 0 Å². The minimum Gasteiger partial charge on any atom is -0.453 e. The molecule has 12 aromatic carbocycles. The predicted octanol–water partition coefficient (Wildman–Crippen LogP) is 21.1. The molecule has 0 fully saturated rings. The standard InChI is InChI=1S/C70H46N2O2S/c1-43-33-37-47(38-34-43)71(60-31-15-29-56-54-27-13-25-49(66(54)73-68(56)60)45-17-5-3-6-18-45)62-41-59-65-53-23-11-9-21-51(53)63(42-64(65)75-70(59)58-24-12-10-22-52(58)62)72(48-39-35-44(2)36-40-48)61-32-16-30-57-55-28-14-26-50(67(55)74-69(57)61)46-19-7-4-8-20-46/h3-42H,1-2H3. The van der Waals surface area contributed by atoms with Crippen LogP contribution in [0.25, 0.3) is 108 Å². The van der Waals surface area contributed by atoms with Gasteiger partial charge in [0, 0.05) is 80.4 Å². The van der Waals surface area contributed by atoms with Crippen LogP contribution in [0.15, 0.2) is 251 Å². The summed E-state index contributed by atoms with van der Waals surface area (Å²) in [5.74, 6) is 0. The molecule has 0 aliphatic heterocycles. The molecule has 0 radical (unpaired) electrons. The Morgan fingerprint density at radius 3 is 1.21 bits per heavy atom. The van der Waals surface area contributed by atoms with Crippen LogP contribution in [0.1, 0.15) is 11.1 Å². The summed E-state index contributed by atoms with van der Waals surface area (Å²) in [6.07, 6.45) is 0. The van der Waals surface area contributed by atoms with E-state index in [2.05, 4.69) is 266 Å². The number of rotatable bonds is 8. The second-order valence-electron chi connectivity index (χ2n) is 19.7. The first kappa shape index (κ1) is 43.2. The van der Waals surface area contributed by atoms with Crippen LogP contribution in [0.3, 0.4) is 0 Å². The average molecular weight is 979 g/mol. The zero-order valence-electron chi connectivity index (χ0n) is 41.2. The van der Waals surface area contributed by atoms with Gasteiger partial charge >= 0.3 is 0 Å². The van der Waals surface area contributed by atoms with Crippen molar-refractivity contribution in [2.45, 2.75) is 13.8 Å². The van der Waals surface area contributed by atoms with E-state index in [1.165, 1.54) is 42.1 Å². The first-order valence-corrected chi connectivity index (χ1v) is 26.4. The fourth-order valence-corrected chi connectivity index (χ4v) is 12.9. The van der Waals surface area contributed by atoms with E-state index in [-0.39, 0.29) is 0 Å². The summed E-state index contributed by atoms with van der Waals surface area (Å²) in [4.78, 5) is 4.84. The number of benzene rings is 12. The SMILES string of the molecule is Cc1ccc(N(c2cc3c(sc4cc(N(c5ccc(C)cc5)c5cccc6c5oc5c(-c7ccccc7)cccc56)c5ccccc5c43)c3ccccc23)c2cccc3c2oc2c(-c4ccccc4)cccc23)cc1. The third-order valence-corrected chi connectivity index (χ3v) is 16.4. The summed E-state index contributed by atoms with van der Waals surface area (Å²) in [7, 11) is 0. The second-order valence-corrected chi connectivity index (χ2v) is 20.7. The fraction of sp³-hybridized carbons (Fsp3) is 0.0286. The van der Waals surface area contributed by atoms with Gasteiger partial charge in [-0.2, -0.15) is 0 Å². The summed E-state index contributed by atoms with van der Waals surface area (Å²) in [6.45, 7) is 4.30. The highest BCUT2D eigenvalue weighted by atomic mass is 32.1. The van der Waals surface area contributed by atoms with Gasteiger partial charge in [0.1, 0.15) is 11.2 Å². The Hall–Kier alpha value is -9.42. The number of hydrogen-bond donors (Lipinski definition) is 0. The van der Waals surface area contributed by atoms with Crippen molar-refractivity contribution in [2.75, 3.05) is 9.80 Å². The lowest BCUT2D eigenvalue weighted by atomic mass is 9.97. The van der Waals surface area contributed by atoms with Crippen molar-refractivity contribution in [2.24, 2.45) is 0 Å². The second kappa shape index (κ2) is 17.1. The van der Waals surface area contributed by atoms with E-state index in [1.807, 2.05) is 11.3 Å². The van der Waals surface area contributed by atoms with Crippen molar-refractivity contribution >= 4 is 131 Å². The van der Waals surface area contributed by atoms with Crippen molar-refractivity contribution in [3.05, 3.63) is 254 Å². The molecule has 0 spiro atoms. The summed E-state index contributed by atoms with van der Waals surface area (Å²) in [5, 5.41) is 11.5. The summed E-state index contributed by atoms with van der Waals surface area (Å²) in [5.41, 5.74) is 16.5. The maximum atomic E-state index is 7.16. The molecule has 5 heteroatoms. The number of nitrogens with zero attached hydrogens (tertiary/aromatic N) is 2. The number of thiophene rings is 1. The first-order valence-electron chi connectivity index (χ1n) is 25.6. The minimum absolute atomic E-state index is 0.845. The maximum Gasteiger partial charge on any atom is 0.159 e. The van der Waals surface area contributed by atoms with Crippen LogP contribution >= 0.6 is 11.3 Å². The largest absolute Gasteiger partial charge is 0.453 e. The molecule has 3 aromatic heterocycles. The van der Waals surface area contributed by atoms with Gasteiger partial charge in [-0.1, -0.05) is 205 Å². The van der Waals surface area contributed by atoms with Gasteiger partial charge in [-0.15, -0.1) is 11.3 Å². The van der Waals surface area contributed by atoms with E-state index in [0.717, 1.165) is 111 Å². The zero-order chi connectivity index (χ0) is 49.7. The molecule has 0 aliphatic rings. The fourth-order valence-electron chi connectivity index (χ4n) is 11.7. The number of para-hydroxylation sites is 4. The molecule has 0 saturated heterocycles. The van der Waals surface area contributed by atoms with Gasteiger partial charge in [-0.25, -0.2) is 0 Å². The first-order chi connectivity index (χ1) is 37.0. The van der Waals surface area contributed by atoms with Gasteiger partial charge in [0.15, 0.2) is 11.2 Å². The van der Waals surface area contributed by atoms with Crippen molar-refractivity contribution in [3.63, 3.8) is 0 Å². The van der Waals surface area contributed by atoms with E-state index in [0.29, 0.717) is 0 Å². The highest BCUT2D eigenvalue weighted by molar-refractivity contribution is 7.27. The van der Waals surface area contributed by atoms with Crippen LogP contribution in [-0.2, 0) is 0 Å². The molecule has 0 bridgehead atoms. The number of fused-ring (bicyclic) bond motifs is 13. The Balaban J connectivity index is 0.990. The molecule has 4 nitrogen and oxygen atoms in total. The normalized spacial score (nSPS) is 11.9. The molecule has 15 aromatic rings. The average Bonchev–Trinajstić information content (AvgIpc) is 4.18. The highest BCUT2D eigenvalue weighted by Crippen LogP contribution is 2.53. The molecule has 0 unspecified atom stereocenters. The number of hydrogen-bond acceptors (Lipinski definition) is 5. The number of aryl methyl sites for hydroxylation is 2. The van der Waals surface area contributed by atoms with E-state index in [1.54, 1.807) is 0 Å². The Bertz CT molecular complexity index is 4720. The van der Waals surface area contributed by atoms with E-state index >= 15 is 0 Å². The monoisotopic (exact) mass is 978 g/mol.